The van der Waals surface area contributed by atoms with Gasteiger partial charge in [-0.05, 0) is 61.0 Å². The number of rotatable bonds is 8. The molecule has 0 unspecified atom stereocenters. The average molecular weight is 493 g/mol. The Morgan fingerprint density at radius 3 is 2.35 bits per heavy atom. The highest BCUT2D eigenvalue weighted by atomic mass is 35.5. The van der Waals surface area contributed by atoms with Crippen LogP contribution in [0.1, 0.15) is 43.7 Å². The van der Waals surface area contributed by atoms with Crippen molar-refractivity contribution in [1.29, 1.82) is 0 Å². The molecule has 9 heteroatoms. The lowest BCUT2D eigenvalue weighted by molar-refractivity contribution is 0.0939. The summed E-state index contributed by atoms with van der Waals surface area (Å²) < 4.78 is 5.63. The summed E-state index contributed by atoms with van der Waals surface area (Å²) in [5, 5.41) is 15.1. The van der Waals surface area contributed by atoms with E-state index in [4.69, 9.17) is 16.3 Å². The Balaban J connectivity index is 1.30. The molecule has 1 heterocycles. The summed E-state index contributed by atoms with van der Waals surface area (Å²) in [6.45, 7) is 2.12. The third-order valence-electron chi connectivity index (χ3n) is 4.89. The molecule has 1 atom stereocenters. The lowest BCUT2D eigenvalue weighted by Crippen LogP contribution is -2.26. The normalized spacial score (nSPS) is 11.5. The van der Waals surface area contributed by atoms with Crippen LogP contribution < -0.4 is 15.4 Å². The maximum absolute atomic E-state index is 12.5. The van der Waals surface area contributed by atoms with E-state index < -0.39 is 0 Å². The van der Waals surface area contributed by atoms with Crippen molar-refractivity contribution >= 4 is 40.4 Å². The maximum Gasteiger partial charge on any atom is 0.286 e. The zero-order valence-electron chi connectivity index (χ0n) is 18.2. The first-order valence-electron chi connectivity index (χ1n) is 10.5. The number of hydrogen-bond donors (Lipinski definition) is 2. The van der Waals surface area contributed by atoms with Gasteiger partial charge in [-0.2, -0.15) is 0 Å². The second-order valence-corrected chi connectivity index (χ2v) is 8.88. The number of anilines is 1. The van der Waals surface area contributed by atoms with E-state index in [-0.39, 0.29) is 29.5 Å². The molecular weight excluding hydrogens is 472 g/mol. The number of hydrogen-bond acceptors (Lipinski definition) is 6. The van der Waals surface area contributed by atoms with E-state index in [0.29, 0.717) is 27.0 Å². The number of benzene rings is 3. The molecule has 1 aromatic heterocycles. The van der Waals surface area contributed by atoms with Crippen LogP contribution >= 0.6 is 22.9 Å². The van der Waals surface area contributed by atoms with Crippen LogP contribution in [-0.2, 0) is 6.61 Å². The van der Waals surface area contributed by atoms with Gasteiger partial charge >= 0.3 is 0 Å². The summed E-state index contributed by atoms with van der Waals surface area (Å²) in [5.41, 5.74) is 2.07. The minimum atomic E-state index is -0.384. The molecule has 0 aliphatic carbocycles. The van der Waals surface area contributed by atoms with Crippen molar-refractivity contribution in [2.75, 3.05) is 5.32 Å². The van der Waals surface area contributed by atoms with Crippen LogP contribution in [0, 0.1) is 0 Å². The monoisotopic (exact) mass is 492 g/mol. The van der Waals surface area contributed by atoms with Gasteiger partial charge in [0.25, 0.3) is 11.8 Å². The molecule has 2 amide bonds. The first-order chi connectivity index (χ1) is 16.5. The predicted octanol–water partition coefficient (Wildman–Crippen LogP) is 5.51. The lowest BCUT2D eigenvalue weighted by atomic mass is 10.1. The van der Waals surface area contributed by atoms with Crippen LogP contribution in [0.5, 0.6) is 5.75 Å². The number of nitrogens with zero attached hydrogens (tertiary/aromatic N) is 2. The van der Waals surface area contributed by atoms with Crippen molar-refractivity contribution in [3.63, 3.8) is 0 Å². The molecular formula is C25H21ClN4O3S. The quantitative estimate of drug-likeness (QED) is 0.338. The van der Waals surface area contributed by atoms with E-state index in [0.717, 1.165) is 16.9 Å². The number of carbonyl (C=O) groups is 2. The SMILES string of the molecule is C[C@H](NC(=O)c1ccc(NC(=O)c2nnc(COc3ccc(Cl)cc3)s2)cc1)c1ccccc1. The largest absolute Gasteiger partial charge is 0.486 e. The summed E-state index contributed by atoms with van der Waals surface area (Å²) in [6.07, 6.45) is 0. The van der Waals surface area contributed by atoms with Crippen LogP contribution in [0.4, 0.5) is 5.69 Å². The minimum absolute atomic E-state index is 0.122. The smallest absolute Gasteiger partial charge is 0.286 e. The third-order valence-corrected chi connectivity index (χ3v) is 6.04. The molecule has 0 saturated carbocycles. The fourth-order valence-electron chi connectivity index (χ4n) is 3.07. The number of amides is 2. The first-order valence-corrected chi connectivity index (χ1v) is 11.7. The Morgan fingerprint density at radius 1 is 0.941 bits per heavy atom. The number of aromatic nitrogens is 2. The van der Waals surface area contributed by atoms with Crippen molar-refractivity contribution in [1.82, 2.24) is 15.5 Å². The molecule has 0 radical (unpaired) electrons. The molecule has 2 N–H and O–H groups in total. The Morgan fingerprint density at radius 2 is 1.65 bits per heavy atom. The molecule has 0 saturated heterocycles. The Hall–Kier alpha value is -3.75. The van der Waals surface area contributed by atoms with Gasteiger partial charge in [-0.1, -0.05) is 53.3 Å². The lowest BCUT2D eigenvalue weighted by Gasteiger charge is -2.14. The van der Waals surface area contributed by atoms with Crippen molar-refractivity contribution in [2.24, 2.45) is 0 Å². The molecule has 4 aromatic rings. The highest BCUT2D eigenvalue weighted by Gasteiger charge is 2.15. The van der Waals surface area contributed by atoms with Crippen LogP contribution in [0.25, 0.3) is 0 Å². The zero-order valence-corrected chi connectivity index (χ0v) is 19.8. The Bertz CT molecular complexity index is 1260. The van der Waals surface area contributed by atoms with Crippen molar-refractivity contribution in [2.45, 2.75) is 19.6 Å². The van der Waals surface area contributed by atoms with Gasteiger partial charge in [0.1, 0.15) is 12.4 Å². The molecule has 3 aromatic carbocycles. The van der Waals surface area contributed by atoms with E-state index in [1.54, 1.807) is 48.5 Å². The van der Waals surface area contributed by atoms with Gasteiger partial charge < -0.3 is 15.4 Å². The maximum atomic E-state index is 12.5. The van der Waals surface area contributed by atoms with E-state index in [1.165, 1.54) is 0 Å². The molecule has 0 aliphatic heterocycles. The van der Waals surface area contributed by atoms with Gasteiger partial charge in [-0.3, -0.25) is 9.59 Å². The fraction of sp³-hybridized carbons (Fsp3) is 0.120. The highest BCUT2D eigenvalue weighted by molar-refractivity contribution is 7.13. The van der Waals surface area contributed by atoms with Crippen molar-refractivity contribution in [3.8, 4) is 5.75 Å². The second kappa shape index (κ2) is 10.9. The summed E-state index contributed by atoms with van der Waals surface area (Å²) >= 11 is 7.01. The van der Waals surface area contributed by atoms with Crippen molar-refractivity contribution < 1.29 is 14.3 Å². The predicted molar refractivity (Wildman–Crippen MR) is 132 cm³/mol. The van der Waals surface area contributed by atoms with Crippen LogP contribution in [0.2, 0.25) is 5.02 Å². The van der Waals surface area contributed by atoms with E-state index in [2.05, 4.69) is 20.8 Å². The topological polar surface area (TPSA) is 93.2 Å². The van der Waals surface area contributed by atoms with E-state index >= 15 is 0 Å². The third kappa shape index (κ3) is 6.18. The molecule has 0 fully saturated rings. The second-order valence-electron chi connectivity index (χ2n) is 7.38. The summed E-state index contributed by atoms with van der Waals surface area (Å²) in [4.78, 5) is 25.1. The van der Waals surface area contributed by atoms with Crippen LogP contribution in [0.15, 0.2) is 78.9 Å². The molecule has 7 nitrogen and oxygen atoms in total. The molecule has 0 aliphatic rings. The van der Waals surface area contributed by atoms with Gasteiger partial charge in [-0.25, -0.2) is 0 Å². The summed E-state index contributed by atoms with van der Waals surface area (Å²) in [5.74, 6) is 0.0710. The average Bonchev–Trinajstić information content (AvgIpc) is 3.34. The first kappa shape index (κ1) is 23.4. The van der Waals surface area contributed by atoms with Crippen molar-refractivity contribution in [3.05, 3.63) is 105 Å². The van der Waals surface area contributed by atoms with Gasteiger partial charge in [-0.15, -0.1) is 10.2 Å². The molecule has 0 bridgehead atoms. The Kier molecular flexibility index (Phi) is 7.51. The number of halogens is 1. The van der Waals surface area contributed by atoms with Gasteiger partial charge in [0.15, 0.2) is 5.01 Å². The van der Waals surface area contributed by atoms with Crippen LogP contribution in [0.3, 0.4) is 0 Å². The minimum Gasteiger partial charge on any atom is -0.486 e. The standard InChI is InChI=1S/C25H21ClN4O3S/c1-16(17-5-3-2-4-6-17)27-23(31)18-7-11-20(12-8-18)28-24(32)25-30-29-22(34-25)15-33-21-13-9-19(26)10-14-21/h2-14,16H,15H2,1H3,(H,27,31)(H,28,32)/t16-/m0/s1. The molecule has 172 valence electrons. The fourth-order valence-corrected chi connectivity index (χ4v) is 3.85. The molecule has 34 heavy (non-hydrogen) atoms. The summed E-state index contributed by atoms with van der Waals surface area (Å²) in [7, 11) is 0. The zero-order chi connectivity index (χ0) is 23.9. The summed E-state index contributed by atoms with van der Waals surface area (Å²) in [6, 6.07) is 23.2. The van der Waals surface area contributed by atoms with Gasteiger partial charge in [0.05, 0.1) is 6.04 Å². The van der Waals surface area contributed by atoms with E-state index in [9.17, 15) is 9.59 Å². The highest BCUT2D eigenvalue weighted by Crippen LogP contribution is 2.19. The van der Waals surface area contributed by atoms with Gasteiger partial charge in [0, 0.05) is 16.3 Å². The number of carbonyl (C=O) groups excluding carboxylic acids is 2. The van der Waals surface area contributed by atoms with E-state index in [1.807, 2.05) is 37.3 Å². The molecule has 0 spiro atoms. The van der Waals surface area contributed by atoms with Gasteiger partial charge in [0.2, 0.25) is 5.01 Å². The van der Waals surface area contributed by atoms with Crippen LogP contribution in [-0.4, -0.2) is 22.0 Å². The number of nitrogens with one attached hydrogen (secondary N) is 2. The molecule has 4 rings (SSSR count). The number of ether oxygens (including phenoxy) is 1. The Labute approximate surface area is 205 Å².